The summed E-state index contributed by atoms with van der Waals surface area (Å²) >= 11 is 12.1. The highest BCUT2D eigenvalue weighted by Gasteiger charge is 2.38. The number of H-pyrrole nitrogens is 1. The van der Waals surface area contributed by atoms with Crippen LogP contribution in [-0.4, -0.2) is 33.1 Å². The summed E-state index contributed by atoms with van der Waals surface area (Å²) in [4.78, 5) is 27.9. The fourth-order valence-corrected chi connectivity index (χ4v) is 3.64. The predicted octanol–water partition coefficient (Wildman–Crippen LogP) is 6.27. The average molecular weight is 573 g/mol. The quantitative estimate of drug-likeness (QED) is 0.299. The maximum Gasteiger partial charge on any atom is 0.490 e. The molecule has 38 heavy (non-hydrogen) atoms. The summed E-state index contributed by atoms with van der Waals surface area (Å²) in [5.74, 6) is -2.91. The van der Waals surface area contributed by atoms with Gasteiger partial charge in [0.15, 0.2) is 16.7 Å². The van der Waals surface area contributed by atoms with Crippen LogP contribution < -0.4 is 10.1 Å². The number of ether oxygens (including phenoxy) is 1. The Kier molecular flexibility index (Phi) is 8.85. The fraction of sp³-hybridized carbons (Fsp3) is 0.250. The highest BCUT2D eigenvalue weighted by molar-refractivity contribution is 6.32. The molecule has 14 heteroatoms. The first-order valence-corrected chi connectivity index (χ1v) is 11.6. The molecule has 1 saturated carbocycles. The first-order chi connectivity index (χ1) is 17.8. The smallest absolute Gasteiger partial charge is 0.475 e. The predicted molar refractivity (Wildman–Crippen MR) is 128 cm³/mol. The number of hydrogen-bond donors (Lipinski definition) is 3. The lowest BCUT2D eigenvalue weighted by Crippen LogP contribution is -2.24. The third kappa shape index (κ3) is 7.36. The number of carboxylic acid groups (broad SMARTS) is 1. The van der Waals surface area contributed by atoms with E-state index in [9.17, 15) is 23.2 Å². The monoisotopic (exact) mass is 572 g/mol. The van der Waals surface area contributed by atoms with Gasteiger partial charge in [0.2, 0.25) is 0 Å². The van der Waals surface area contributed by atoms with E-state index in [2.05, 4.69) is 21.4 Å². The Morgan fingerprint density at radius 1 is 1.26 bits per heavy atom. The van der Waals surface area contributed by atoms with Crippen LogP contribution in [0.5, 0.6) is 11.5 Å². The van der Waals surface area contributed by atoms with E-state index in [0.717, 1.165) is 18.4 Å². The number of carbonyl (C=O) groups is 2. The van der Waals surface area contributed by atoms with Crippen LogP contribution in [0.15, 0.2) is 30.3 Å². The van der Waals surface area contributed by atoms with E-state index in [1.165, 1.54) is 12.1 Å². The number of aromatic amines is 1. The van der Waals surface area contributed by atoms with Crippen molar-refractivity contribution in [1.82, 2.24) is 15.3 Å². The third-order valence-corrected chi connectivity index (χ3v) is 5.71. The van der Waals surface area contributed by atoms with E-state index in [4.69, 9.17) is 37.8 Å². The lowest BCUT2D eigenvalue weighted by atomic mass is 10.1. The number of carbonyl (C=O) groups excluding carboxylic acids is 1. The molecule has 3 N–H and O–H groups in total. The Balaban J connectivity index is 0.000000505. The minimum absolute atomic E-state index is 0.0411. The standard InChI is InChI=1S/C22H17Cl2FN4O2.C2HF3O2/c1-11-28-19(21(24)29-11)22(30)27-10-14-4-5-17(23)20(18(14)25)31-16-7-12(9-26)6-15(8-16)13-2-3-13;3-2(4,5)1(6)7/h4-8,13H,2-3,10H2,1H3,(H,27,30)(H,28,29);(H,6,7). The lowest BCUT2D eigenvalue weighted by molar-refractivity contribution is -0.192. The van der Waals surface area contributed by atoms with E-state index < -0.39 is 23.9 Å². The topological polar surface area (TPSA) is 128 Å². The van der Waals surface area contributed by atoms with Crippen molar-refractivity contribution < 1.29 is 37.0 Å². The fourth-order valence-electron chi connectivity index (χ4n) is 3.20. The van der Waals surface area contributed by atoms with Gasteiger partial charge in [-0.15, -0.1) is 0 Å². The number of aromatic nitrogens is 2. The van der Waals surface area contributed by atoms with Gasteiger partial charge in [0.05, 0.1) is 16.7 Å². The molecule has 3 aromatic rings. The number of alkyl halides is 3. The Bertz CT molecular complexity index is 1420. The van der Waals surface area contributed by atoms with Gasteiger partial charge in [-0.3, -0.25) is 4.79 Å². The molecule has 1 amide bonds. The third-order valence-electron chi connectivity index (χ3n) is 5.14. The van der Waals surface area contributed by atoms with Gasteiger partial charge < -0.3 is 20.1 Å². The summed E-state index contributed by atoms with van der Waals surface area (Å²) < 4.78 is 52.6. The summed E-state index contributed by atoms with van der Waals surface area (Å²) in [5, 5.41) is 19.1. The number of hydrogen-bond acceptors (Lipinski definition) is 5. The summed E-state index contributed by atoms with van der Waals surface area (Å²) in [6, 6.07) is 10.2. The molecule has 0 spiro atoms. The molecular weight excluding hydrogens is 555 g/mol. The molecule has 8 nitrogen and oxygen atoms in total. The van der Waals surface area contributed by atoms with Gasteiger partial charge in [-0.25, -0.2) is 14.2 Å². The molecule has 0 radical (unpaired) electrons. The van der Waals surface area contributed by atoms with Gasteiger partial charge in [0.1, 0.15) is 17.3 Å². The average Bonchev–Trinajstić information content (AvgIpc) is 3.64. The van der Waals surface area contributed by atoms with Gasteiger partial charge in [-0.1, -0.05) is 29.3 Å². The first-order valence-electron chi connectivity index (χ1n) is 10.8. The first kappa shape index (κ1) is 28.7. The number of benzene rings is 2. The number of nitriles is 1. The number of rotatable bonds is 6. The second-order valence-corrected chi connectivity index (χ2v) is 8.87. The van der Waals surface area contributed by atoms with E-state index in [-0.39, 0.29) is 33.7 Å². The van der Waals surface area contributed by atoms with Crippen molar-refractivity contribution in [3.05, 3.63) is 74.5 Å². The Morgan fingerprint density at radius 3 is 2.45 bits per heavy atom. The van der Waals surface area contributed by atoms with Crippen LogP contribution in [0.1, 0.15) is 51.8 Å². The zero-order chi connectivity index (χ0) is 28.2. The van der Waals surface area contributed by atoms with Crippen LogP contribution in [0, 0.1) is 24.1 Å². The highest BCUT2D eigenvalue weighted by atomic mass is 35.5. The van der Waals surface area contributed by atoms with Crippen molar-refractivity contribution in [2.24, 2.45) is 0 Å². The van der Waals surface area contributed by atoms with Crippen LogP contribution in [0.3, 0.4) is 0 Å². The summed E-state index contributed by atoms with van der Waals surface area (Å²) in [5.41, 5.74) is 1.71. The van der Waals surface area contributed by atoms with Crippen molar-refractivity contribution in [3.8, 4) is 17.6 Å². The van der Waals surface area contributed by atoms with Crippen molar-refractivity contribution >= 4 is 35.1 Å². The SMILES string of the molecule is Cc1nc(Cl)c(C(=O)NCc2ccc(Cl)c(Oc3cc(C#N)cc(C4CC4)c3)c2F)[nH]1.O=C(O)C(F)(F)F. The minimum Gasteiger partial charge on any atom is -0.475 e. The van der Waals surface area contributed by atoms with Gasteiger partial charge in [0.25, 0.3) is 5.91 Å². The Hall–Kier alpha value is -3.82. The molecule has 1 aliphatic rings. The minimum atomic E-state index is -5.08. The highest BCUT2D eigenvalue weighted by Crippen LogP contribution is 2.42. The lowest BCUT2D eigenvalue weighted by Gasteiger charge is -2.13. The molecule has 1 aliphatic carbocycles. The zero-order valence-corrected chi connectivity index (χ0v) is 20.9. The van der Waals surface area contributed by atoms with Crippen molar-refractivity contribution in [2.45, 2.75) is 38.4 Å². The van der Waals surface area contributed by atoms with Crippen LogP contribution in [0.4, 0.5) is 17.6 Å². The van der Waals surface area contributed by atoms with E-state index in [1.54, 1.807) is 19.1 Å². The molecular formula is C24H18Cl2F4N4O4. The molecule has 0 unspecified atom stereocenters. The summed E-state index contributed by atoms with van der Waals surface area (Å²) in [6.07, 6.45) is -2.98. The Morgan fingerprint density at radius 2 is 1.92 bits per heavy atom. The molecule has 1 fully saturated rings. The van der Waals surface area contributed by atoms with Crippen LogP contribution in [0.2, 0.25) is 10.2 Å². The number of nitrogens with zero attached hydrogens (tertiary/aromatic N) is 2. The van der Waals surface area contributed by atoms with Crippen LogP contribution >= 0.6 is 23.2 Å². The van der Waals surface area contributed by atoms with Gasteiger partial charge in [0, 0.05) is 12.1 Å². The maximum atomic E-state index is 15.1. The largest absolute Gasteiger partial charge is 0.490 e. The van der Waals surface area contributed by atoms with E-state index in [0.29, 0.717) is 23.1 Å². The van der Waals surface area contributed by atoms with Crippen molar-refractivity contribution in [3.63, 3.8) is 0 Å². The second kappa shape index (κ2) is 11.7. The number of imidazole rings is 1. The molecule has 1 heterocycles. The number of aryl methyl sites for hydroxylation is 1. The second-order valence-electron chi connectivity index (χ2n) is 8.10. The number of aliphatic carboxylic acids is 1. The van der Waals surface area contributed by atoms with Crippen molar-refractivity contribution in [1.29, 1.82) is 5.26 Å². The Labute approximate surface area is 223 Å². The van der Waals surface area contributed by atoms with Crippen LogP contribution in [0.25, 0.3) is 0 Å². The van der Waals surface area contributed by atoms with E-state index >= 15 is 4.39 Å². The van der Waals surface area contributed by atoms with Gasteiger partial charge >= 0.3 is 12.1 Å². The maximum absolute atomic E-state index is 15.1. The number of carboxylic acids is 1. The molecule has 1 aromatic heterocycles. The number of amides is 1. The van der Waals surface area contributed by atoms with Crippen LogP contribution in [-0.2, 0) is 11.3 Å². The van der Waals surface area contributed by atoms with E-state index in [1.807, 2.05) is 6.07 Å². The number of nitrogens with one attached hydrogen (secondary N) is 2. The van der Waals surface area contributed by atoms with Gasteiger partial charge in [-0.05, 0) is 55.5 Å². The molecule has 200 valence electrons. The normalized spacial score (nSPS) is 12.7. The molecule has 0 bridgehead atoms. The van der Waals surface area contributed by atoms with Gasteiger partial charge in [-0.2, -0.15) is 18.4 Å². The molecule has 4 rings (SSSR count). The summed E-state index contributed by atoms with van der Waals surface area (Å²) in [7, 11) is 0. The molecule has 2 aromatic carbocycles. The van der Waals surface area contributed by atoms with Crippen molar-refractivity contribution in [2.75, 3.05) is 0 Å². The zero-order valence-electron chi connectivity index (χ0n) is 19.4. The molecule has 0 atom stereocenters. The molecule has 0 saturated heterocycles. The molecule has 0 aliphatic heterocycles. The number of halogens is 6. The summed E-state index contributed by atoms with van der Waals surface area (Å²) in [6.45, 7) is 1.55.